The molecule has 2 aromatic heterocycles. The predicted molar refractivity (Wildman–Crippen MR) is 212 cm³/mol. The Bertz CT molecular complexity index is 1840. The van der Waals surface area contributed by atoms with E-state index in [0.717, 1.165) is 30.4 Å². The third-order valence-corrected chi connectivity index (χ3v) is 10.4. The van der Waals surface area contributed by atoms with Crippen molar-refractivity contribution in [2.75, 3.05) is 13.2 Å². The summed E-state index contributed by atoms with van der Waals surface area (Å²) >= 11 is 11.6. The lowest BCUT2D eigenvalue weighted by molar-refractivity contribution is -0.202. The fourth-order valence-corrected chi connectivity index (χ4v) is 8.54. The summed E-state index contributed by atoms with van der Waals surface area (Å²) in [6.45, 7) is 6.60. The second-order valence-electron chi connectivity index (χ2n) is 12.3. The summed E-state index contributed by atoms with van der Waals surface area (Å²) in [7, 11) is 0. The van der Waals surface area contributed by atoms with Gasteiger partial charge in [-0.05, 0) is 39.1 Å². The van der Waals surface area contributed by atoms with E-state index >= 15 is 0 Å². The Morgan fingerprint density at radius 3 is 1.38 bits per heavy atom. The van der Waals surface area contributed by atoms with E-state index in [1.54, 1.807) is 24.5 Å². The van der Waals surface area contributed by atoms with Gasteiger partial charge in [0.05, 0.1) is 5.02 Å². The molecule has 22 nitrogen and oxygen atoms in total. The molecular formula is C34H38BrClN8O14S2. The second kappa shape index (κ2) is 24.4. The fraction of sp³-hybridized carbons (Fsp3) is 0.529. The van der Waals surface area contributed by atoms with Crippen molar-refractivity contribution in [3.8, 4) is 0 Å². The summed E-state index contributed by atoms with van der Waals surface area (Å²) < 4.78 is 44.0. The van der Waals surface area contributed by atoms with Gasteiger partial charge in [0.1, 0.15) is 72.8 Å². The topological polar surface area (TPSA) is 300 Å². The van der Waals surface area contributed by atoms with Crippen LogP contribution < -0.4 is 0 Å². The third kappa shape index (κ3) is 16.0. The summed E-state index contributed by atoms with van der Waals surface area (Å²) in [6, 6.07) is 1.14. The van der Waals surface area contributed by atoms with E-state index in [0.29, 0.717) is 19.3 Å². The molecule has 0 aromatic carbocycles. The molecular weight excluding hydrogens is 924 g/mol. The molecule has 60 heavy (non-hydrogen) atoms. The van der Waals surface area contributed by atoms with Crippen molar-refractivity contribution in [1.29, 1.82) is 0 Å². The largest absolute Gasteiger partial charge is 0.463 e. The fourth-order valence-electron chi connectivity index (χ4n) is 5.52. The lowest BCUT2D eigenvalue weighted by Gasteiger charge is -2.43. The summed E-state index contributed by atoms with van der Waals surface area (Å²) in [4.78, 5) is 84.2. The van der Waals surface area contributed by atoms with Crippen LogP contribution in [-0.4, -0.2) is 119 Å². The number of nitrogens with zero attached hydrogens (tertiary/aromatic N) is 8. The maximum Gasteiger partial charge on any atom is 0.303 e. The Morgan fingerprint density at radius 1 is 0.650 bits per heavy atom. The number of esters is 6. The molecule has 4 rings (SSSR count). The first-order chi connectivity index (χ1) is 28.4. The standard InChI is InChI=1S/C17H19BrN4O7S.C17H19ClN4O7S/c2*1-8(23)26-7-13-15(27-9(2)24)14(21-22-19)16(28-10(3)25)17(29-13)30-12-4-11(18)5-20-6-12/h2*4-6,13-17H,7H2,1-3H3/t2*13?,14?,15-,16-,17+/m00/s1. The van der Waals surface area contributed by atoms with E-state index in [1.807, 2.05) is 0 Å². The molecule has 10 atom stereocenters. The molecule has 0 spiro atoms. The summed E-state index contributed by atoms with van der Waals surface area (Å²) in [6.07, 6.45) is -0.296. The van der Waals surface area contributed by atoms with Crippen molar-refractivity contribution in [3.63, 3.8) is 0 Å². The van der Waals surface area contributed by atoms with Crippen LogP contribution in [0.25, 0.3) is 20.9 Å². The molecule has 2 aliphatic heterocycles. The van der Waals surface area contributed by atoms with Gasteiger partial charge in [0.2, 0.25) is 0 Å². The number of thioether (sulfide) groups is 2. The van der Waals surface area contributed by atoms with E-state index < -0.39 is 95.4 Å². The summed E-state index contributed by atoms with van der Waals surface area (Å²) in [5.74, 6) is -3.79. The number of carbonyl (C=O) groups is 6. The molecule has 324 valence electrons. The van der Waals surface area contributed by atoms with Crippen molar-refractivity contribution in [2.45, 2.75) is 111 Å². The molecule has 0 bridgehead atoms. The molecule has 2 fully saturated rings. The maximum absolute atomic E-state index is 11.7. The summed E-state index contributed by atoms with van der Waals surface area (Å²) in [5.41, 5.74) is 16.4. The number of azide groups is 2. The Labute approximate surface area is 363 Å². The molecule has 0 N–H and O–H groups in total. The first kappa shape index (κ1) is 49.5. The van der Waals surface area contributed by atoms with Crippen LogP contribution in [0, 0.1) is 0 Å². The second-order valence-corrected chi connectivity index (χ2v) is 16.0. The lowest BCUT2D eigenvalue weighted by atomic mass is 9.97. The number of halogens is 2. The van der Waals surface area contributed by atoms with Crippen molar-refractivity contribution < 1.29 is 66.7 Å². The van der Waals surface area contributed by atoms with Crippen LogP contribution in [0.5, 0.6) is 0 Å². The van der Waals surface area contributed by atoms with E-state index in [-0.39, 0.29) is 13.2 Å². The first-order valence-electron chi connectivity index (χ1n) is 17.3. The van der Waals surface area contributed by atoms with E-state index in [9.17, 15) is 28.8 Å². The third-order valence-electron chi connectivity index (χ3n) is 7.58. The molecule has 2 aliphatic rings. The maximum atomic E-state index is 11.7. The van der Waals surface area contributed by atoms with Crippen LogP contribution in [0.4, 0.5) is 0 Å². The van der Waals surface area contributed by atoms with E-state index in [2.05, 4.69) is 45.9 Å². The van der Waals surface area contributed by atoms with Gasteiger partial charge in [-0.25, -0.2) is 0 Å². The molecule has 0 amide bonds. The minimum atomic E-state index is -1.16. The molecule has 2 saturated heterocycles. The molecule has 4 heterocycles. The average Bonchev–Trinajstić information content (AvgIpc) is 3.14. The molecule has 2 aromatic rings. The number of aromatic nitrogens is 2. The number of pyridine rings is 2. The summed E-state index contributed by atoms with van der Waals surface area (Å²) in [5, 5.41) is 7.77. The van der Waals surface area contributed by atoms with Crippen LogP contribution in [0.1, 0.15) is 41.5 Å². The highest BCUT2D eigenvalue weighted by atomic mass is 79.9. The average molecular weight is 962 g/mol. The Morgan fingerprint density at radius 2 is 1.03 bits per heavy atom. The van der Waals surface area contributed by atoms with Crippen molar-refractivity contribution in [1.82, 2.24) is 9.97 Å². The molecule has 26 heteroatoms. The van der Waals surface area contributed by atoms with E-state index in [1.165, 1.54) is 47.0 Å². The van der Waals surface area contributed by atoms with Crippen LogP contribution >= 0.6 is 51.1 Å². The minimum Gasteiger partial charge on any atom is -0.463 e. The normalized spacial score (nSPS) is 25.5. The van der Waals surface area contributed by atoms with Gasteiger partial charge in [-0.3, -0.25) is 38.7 Å². The smallest absolute Gasteiger partial charge is 0.303 e. The molecule has 0 radical (unpaired) electrons. The Balaban J connectivity index is 0.000000320. The number of hydrogen-bond acceptors (Lipinski definition) is 20. The minimum absolute atomic E-state index is 0.259. The van der Waals surface area contributed by atoms with Gasteiger partial charge in [-0.15, -0.1) is 0 Å². The van der Waals surface area contributed by atoms with Gasteiger partial charge >= 0.3 is 35.8 Å². The molecule has 0 saturated carbocycles. The van der Waals surface area contributed by atoms with Gasteiger partial charge in [0, 0.05) is 90.4 Å². The number of rotatable bonds is 14. The Hall–Kier alpha value is -4.87. The lowest BCUT2D eigenvalue weighted by Crippen LogP contribution is -2.59. The number of ether oxygens (including phenoxy) is 8. The number of carbonyl (C=O) groups excluding carboxylic acids is 6. The van der Waals surface area contributed by atoms with Crippen molar-refractivity contribution >= 4 is 86.9 Å². The zero-order chi connectivity index (χ0) is 44.5. The quantitative estimate of drug-likeness (QED) is 0.0750. The van der Waals surface area contributed by atoms with Gasteiger partial charge in [-0.1, -0.05) is 45.4 Å². The van der Waals surface area contributed by atoms with Crippen molar-refractivity contribution in [2.24, 2.45) is 10.2 Å². The van der Waals surface area contributed by atoms with Gasteiger partial charge in [0.25, 0.3) is 0 Å². The van der Waals surface area contributed by atoms with Gasteiger partial charge in [-0.2, -0.15) is 0 Å². The van der Waals surface area contributed by atoms with Crippen LogP contribution in [0.3, 0.4) is 0 Å². The van der Waals surface area contributed by atoms with Crippen LogP contribution in [-0.2, 0) is 66.7 Å². The first-order valence-corrected chi connectivity index (χ1v) is 20.2. The zero-order valence-electron chi connectivity index (χ0n) is 32.5. The highest BCUT2D eigenvalue weighted by molar-refractivity contribution is 9.10. The highest BCUT2D eigenvalue weighted by Gasteiger charge is 2.51. The van der Waals surface area contributed by atoms with Gasteiger partial charge in [0.15, 0.2) is 0 Å². The highest BCUT2D eigenvalue weighted by Crippen LogP contribution is 2.39. The SMILES string of the molecule is CC(=O)OCC1O[C@H](Sc2cncc(Br)c2)[C@@H](OC(C)=O)C(N=[N+]=[N-])[C@H]1OC(C)=O.CC(=O)OCC1O[C@H](Sc2cncc(Cl)c2)[C@@H](OC(C)=O)C(N=[N+]=[N-])[C@H]1OC(C)=O. The van der Waals surface area contributed by atoms with Gasteiger partial charge < -0.3 is 37.9 Å². The van der Waals surface area contributed by atoms with E-state index in [4.69, 9.17) is 60.6 Å². The molecule has 4 unspecified atom stereocenters. The van der Waals surface area contributed by atoms with Crippen LogP contribution in [0.2, 0.25) is 5.02 Å². The molecule has 0 aliphatic carbocycles. The van der Waals surface area contributed by atoms with Crippen molar-refractivity contribution in [3.05, 3.63) is 67.3 Å². The monoisotopic (exact) mass is 960 g/mol. The van der Waals surface area contributed by atoms with Crippen LogP contribution in [0.15, 0.2) is 61.4 Å². The zero-order valence-corrected chi connectivity index (χ0v) is 36.5. The predicted octanol–water partition coefficient (Wildman–Crippen LogP) is 5.42. The Kier molecular flexibility index (Phi) is 20.1. The number of hydrogen-bond donors (Lipinski definition) is 0.